The van der Waals surface area contributed by atoms with Crippen LogP contribution in [0.5, 0.6) is 0 Å². The number of nitrogens with zero attached hydrogens (tertiary/aromatic N) is 4. The van der Waals surface area contributed by atoms with Crippen LogP contribution in [0.4, 0.5) is 44.7 Å². The quantitative estimate of drug-likeness (QED) is 0.0250. The Morgan fingerprint density at radius 2 is 0.626 bits per heavy atom. The Morgan fingerprint density at radius 3 is 0.788 bits per heavy atom. The van der Waals surface area contributed by atoms with Crippen LogP contribution in [0.2, 0.25) is 19.6 Å². The molecule has 2 aliphatic heterocycles. The number of anilines is 4. The molecule has 0 amide bonds. The molecular weight excluding hydrogens is 1760 g/mol. The number of hydrogen-bond donors (Lipinski definition) is 0. The summed E-state index contributed by atoms with van der Waals surface area (Å²) in [5.41, 5.74) is 20.2. The molecule has 0 bridgehead atoms. The number of Topliss-reactive ketones (excluding diaryl/α,β-unsaturated/α-hetero) is 2. The van der Waals surface area contributed by atoms with Gasteiger partial charge in [-0.05, 0) is 142 Å². The van der Waals surface area contributed by atoms with E-state index in [0.29, 0.717) is 65.7 Å². The van der Waals surface area contributed by atoms with E-state index < -0.39 is 19.8 Å². The van der Waals surface area contributed by atoms with Gasteiger partial charge in [-0.15, -0.1) is 35.1 Å². The number of benzene rings is 6. The number of carbonyl (C=O) groups excluding carboxylic acids is 2. The summed E-state index contributed by atoms with van der Waals surface area (Å²) in [6.07, 6.45) is 10.2. The molecule has 0 aromatic heterocycles. The monoisotopic (exact) mass is 1870 g/mol. The fourth-order valence-corrected chi connectivity index (χ4v) is 10.9. The Morgan fingerprint density at radius 1 is 0.434 bits per heavy atom. The predicted molar refractivity (Wildman–Crippen MR) is 421 cm³/mol. The van der Waals surface area contributed by atoms with Gasteiger partial charge < -0.3 is 63.3 Å². The van der Waals surface area contributed by atoms with E-state index in [1.54, 1.807) is 19.1 Å². The summed E-state index contributed by atoms with van der Waals surface area (Å²) in [5.74, 6) is 3.98. The number of carbonyl (C=O) groups is 2. The second-order valence-corrected chi connectivity index (χ2v) is 38.7. The molecule has 0 atom stereocenters. The van der Waals surface area contributed by atoms with Gasteiger partial charge in [0.1, 0.15) is 6.69 Å². The molecule has 16 heteroatoms. The Balaban J connectivity index is 0. The van der Waals surface area contributed by atoms with Gasteiger partial charge in [-0.3, -0.25) is 9.59 Å². The molecule has 99 heavy (non-hydrogen) atoms. The van der Waals surface area contributed by atoms with Crippen molar-refractivity contribution in [1.29, 1.82) is 0 Å². The third-order valence-corrected chi connectivity index (χ3v) is 15.7. The van der Waals surface area contributed by atoms with Gasteiger partial charge in [0.2, 0.25) is 0 Å². The number of para-hydroxylation sites is 4. The maximum Gasteiger partial charge on any atom is 0.159 e. The van der Waals surface area contributed by atoms with E-state index in [4.69, 9.17) is 0 Å². The molecule has 0 saturated heterocycles. The van der Waals surface area contributed by atoms with Crippen LogP contribution in [-0.2, 0) is 54.2 Å². The Kier molecular flexibility index (Phi) is 47.4. The first-order chi connectivity index (χ1) is 45.0. The summed E-state index contributed by atoms with van der Waals surface area (Å²) < 4.78 is 52.3. The van der Waals surface area contributed by atoms with Crippen molar-refractivity contribution in [2.45, 2.75) is 224 Å². The molecule has 6 aromatic carbocycles. The van der Waals surface area contributed by atoms with Crippen LogP contribution in [0, 0.1) is 48.2 Å². The number of ketones is 2. The summed E-state index contributed by atoms with van der Waals surface area (Å²) in [5, 5.41) is 0. The maximum absolute atomic E-state index is 11.8. The van der Waals surface area contributed by atoms with Crippen molar-refractivity contribution in [2.75, 3.05) is 19.6 Å². The van der Waals surface area contributed by atoms with Crippen LogP contribution in [0.25, 0.3) is 0 Å². The summed E-state index contributed by atoms with van der Waals surface area (Å²) in [4.78, 5) is 31.2. The smallest absolute Gasteiger partial charge is 0.159 e. The second kappa shape index (κ2) is 48.6. The van der Waals surface area contributed by atoms with Gasteiger partial charge in [-0.1, -0.05) is 270 Å². The van der Waals surface area contributed by atoms with E-state index in [9.17, 15) is 31.5 Å². The van der Waals surface area contributed by atoms with E-state index in [0.717, 1.165) is 24.0 Å². The summed E-state index contributed by atoms with van der Waals surface area (Å²) in [7, 11) is 0. The summed E-state index contributed by atoms with van der Waals surface area (Å²) in [6.45, 7) is 50.8. The third-order valence-electron chi connectivity index (χ3n) is 15.7. The van der Waals surface area contributed by atoms with Gasteiger partial charge in [0, 0.05) is 62.7 Å². The number of aryl methyl sites for hydroxylation is 2. The zero-order chi connectivity index (χ0) is 72.9. The van der Waals surface area contributed by atoms with Gasteiger partial charge >= 0.3 is 32.0 Å². The zero-order valence-electron chi connectivity index (χ0n) is 63.2. The predicted octanol–water partition coefficient (Wildman–Crippen LogP) is 27.8. The molecule has 0 unspecified atom stereocenters. The number of rotatable bonds is 20. The van der Waals surface area contributed by atoms with E-state index >= 15 is 0 Å². The van der Waals surface area contributed by atoms with Crippen molar-refractivity contribution >= 4 is 69.3 Å². The number of halogens is 7. The molecule has 2 heterocycles. The van der Waals surface area contributed by atoms with Gasteiger partial charge in [0.25, 0.3) is 0 Å². The van der Waals surface area contributed by atoms with Gasteiger partial charge in [0.05, 0.1) is 0 Å². The standard InChI is InChI=1S/2C27H37N2.C12H13F2O.C11H13O.C3H9BrSi.CF3.2CH3.2Au.BrH/c2*1-18(2)22-11-9-12-23(19(3)4)26(22)28-15-16-29(17-28)27-24(20(5)6)13-10-14-25(27)21(7)8;1-9(15)11-7-5-10(6-8-11)3-2-4-12(13)14;1-3-4-10-5-7-11(8-6-10)9(2)12;1-5(2,3)4;2-1(3)4;;;;;/h2*9-21H,1-8H3;5-8H,2-4H2,1H3;5-8H,1,3-4H2,2H3;1-3H3;;2*1H3;;;1H/q4*-1;;3*-1;;+1;/p-1. The average Bonchev–Trinajstić information content (AvgIpc) is 1.68. The molecule has 0 saturated carbocycles. The van der Waals surface area contributed by atoms with Crippen molar-refractivity contribution in [3.63, 3.8) is 0 Å². The normalized spacial score (nSPS) is 12.3. The van der Waals surface area contributed by atoms with Crippen LogP contribution >= 0.6 is 28.3 Å². The number of hydrogen-bond acceptors (Lipinski definition) is 6. The van der Waals surface area contributed by atoms with Crippen LogP contribution in [0.1, 0.15) is 268 Å². The van der Waals surface area contributed by atoms with Crippen molar-refractivity contribution in [3.8, 4) is 0 Å². The van der Waals surface area contributed by atoms with E-state index in [1.165, 1.54) is 79.7 Å². The van der Waals surface area contributed by atoms with E-state index in [2.05, 4.69) is 315 Å². The minimum atomic E-state index is -3.08. The van der Waals surface area contributed by atoms with Crippen molar-refractivity contribution < 1.29 is 72.9 Å². The minimum absolute atomic E-state index is 0. The van der Waals surface area contributed by atoms with Crippen molar-refractivity contribution in [2.24, 2.45) is 0 Å². The molecule has 0 N–H and O–H groups in total. The van der Waals surface area contributed by atoms with Crippen molar-refractivity contribution in [1.82, 2.24) is 0 Å². The van der Waals surface area contributed by atoms with Gasteiger partial charge in [-0.25, -0.2) is 0 Å². The average molecular weight is 1880 g/mol. The topological polar surface area (TPSA) is 47.1 Å². The first kappa shape index (κ1) is 96.7. The molecule has 8 rings (SSSR count). The Bertz CT molecular complexity index is 2930. The Labute approximate surface area is 641 Å². The second-order valence-electron chi connectivity index (χ2n) is 27.4. The molecule has 2 aliphatic rings. The fourth-order valence-electron chi connectivity index (χ4n) is 10.9. The van der Waals surface area contributed by atoms with Crippen LogP contribution in [0.15, 0.2) is 146 Å². The first-order valence-corrected chi connectivity index (χ1v) is 44.0. The van der Waals surface area contributed by atoms with Crippen LogP contribution in [-0.4, -0.2) is 18.3 Å². The zero-order valence-corrected chi connectivity index (χ0v) is 71.7. The third kappa shape index (κ3) is 32.9. The molecular formula is C83H115Au2Br2F5N4O2Si-7. The minimum Gasteiger partial charge on any atom is -0.358 e. The summed E-state index contributed by atoms with van der Waals surface area (Å²) >= 11 is 8.49. The fraction of sp³-hybridized carbons (Fsp3) is 0.410. The molecule has 6 aromatic rings. The van der Waals surface area contributed by atoms with E-state index in [1.807, 2.05) is 36.4 Å². The maximum atomic E-state index is 11.8. The van der Waals surface area contributed by atoms with Crippen molar-refractivity contribution in [3.05, 3.63) is 261 Å². The largest absolute Gasteiger partial charge is 0.358 e. The summed E-state index contributed by atoms with van der Waals surface area (Å²) in [6, 6.07) is 41.8. The van der Waals surface area contributed by atoms with Gasteiger partial charge in [0.15, 0.2) is 18.2 Å². The van der Waals surface area contributed by atoms with Gasteiger partial charge in [-0.2, -0.15) is 6.42 Å². The molecule has 0 fully saturated rings. The van der Waals surface area contributed by atoms with Crippen LogP contribution < -0.4 is 19.6 Å². The SMILES string of the molecule is CC(=O)c1ccc(CCC[C-](F)F)cc1.CC(C)c1cccc(C(C)C)c1N1C=CN(c2c(C(C)C)cccc2C(C)C)[CH-]1.CC(C)c1cccc(C(C)C)c1N1C=CN(c2c(C(C)C)cccc2C(C)C)[CH-]1.C[Si](C)(C)Br.F[C-](F)F.[Au].[Br][Au].[CH2-]CCc1ccc(C(C)=O)cc1.[CH3-].[CH3-]. The molecule has 6 nitrogen and oxygen atoms in total. The first-order valence-electron chi connectivity index (χ1n) is 33.5. The Hall–Kier alpha value is -4.35. The molecule has 1 radical (unpaired) electrons. The molecule has 0 spiro atoms. The van der Waals surface area contributed by atoms with E-state index in [-0.39, 0.29) is 55.2 Å². The van der Waals surface area contributed by atoms with Crippen LogP contribution in [0.3, 0.4) is 0 Å². The molecule has 0 aliphatic carbocycles. The molecule has 561 valence electrons.